The lowest BCUT2D eigenvalue weighted by Gasteiger charge is -2.28. The number of hydrogen-bond donors (Lipinski definition) is 2. The Kier molecular flexibility index (Phi) is 7.91. The summed E-state index contributed by atoms with van der Waals surface area (Å²) in [6.45, 7) is 13.6. The molecular weight excluding hydrogens is 372 g/mol. The number of benzene rings is 1. The van der Waals surface area contributed by atoms with Crippen LogP contribution >= 0.6 is 0 Å². The van der Waals surface area contributed by atoms with Crippen molar-refractivity contribution in [3.05, 3.63) is 52.3 Å². The van der Waals surface area contributed by atoms with Gasteiger partial charge in [0.25, 0.3) is 0 Å². The molecule has 1 unspecified atom stereocenters. The second-order valence-corrected chi connectivity index (χ2v) is 8.43. The van der Waals surface area contributed by atoms with E-state index in [2.05, 4.69) is 72.6 Å². The Morgan fingerprint density at radius 3 is 2.70 bits per heavy atom. The molecule has 1 aliphatic heterocycles. The topological polar surface area (TPSA) is 57.5 Å². The Labute approximate surface area is 181 Å². The van der Waals surface area contributed by atoms with E-state index in [1.54, 1.807) is 0 Å². The number of fused-ring (bicyclic) bond motifs is 1. The van der Waals surface area contributed by atoms with Gasteiger partial charge in [-0.1, -0.05) is 24.3 Å². The number of rotatable bonds is 8. The van der Waals surface area contributed by atoms with Crippen LogP contribution in [-0.2, 0) is 26.4 Å². The van der Waals surface area contributed by atoms with E-state index in [4.69, 9.17) is 4.99 Å². The average molecular weight is 411 g/mol. The second kappa shape index (κ2) is 10.6. The number of guanidine groups is 1. The molecule has 0 fully saturated rings. The first kappa shape index (κ1) is 22.3. The van der Waals surface area contributed by atoms with Crippen molar-refractivity contribution < 1.29 is 0 Å². The molecule has 30 heavy (non-hydrogen) atoms. The minimum Gasteiger partial charge on any atom is -0.357 e. The van der Waals surface area contributed by atoms with Gasteiger partial charge in [-0.15, -0.1) is 0 Å². The maximum Gasteiger partial charge on any atom is 0.191 e. The maximum absolute atomic E-state index is 4.82. The Morgan fingerprint density at radius 1 is 1.23 bits per heavy atom. The highest BCUT2D eigenvalue weighted by molar-refractivity contribution is 5.80. The van der Waals surface area contributed by atoms with E-state index < -0.39 is 0 Å². The van der Waals surface area contributed by atoms with Crippen LogP contribution in [0, 0.1) is 13.8 Å². The van der Waals surface area contributed by atoms with Gasteiger partial charge in [0.1, 0.15) is 0 Å². The summed E-state index contributed by atoms with van der Waals surface area (Å²) < 4.78 is 1.97. The fraction of sp³-hybridized carbons (Fsp3) is 0.583. The summed E-state index contributed by atoms with van der Waals surface area (Å²) >= 11 is 0. The van der Waals surface area contributed by atoms with Crippen molar-refractivity contribution in [3.8, 4) is 0 Å². The zero-order valence-corrected chi connectivity index (χ0v) is 19.3. The maximum atomic E-state index is 4.82. The first-order valence-corrected chi connectivity index (χ1v) is 11.3. The minimum absolute atomic E-state index is 0.294. The number of nitrogens with one attached hydrogen (secondary N) is 2. The third kappa shape index (κ3) is 5.85. The summed E-state index contributed by atoms with van der Waals surface area (Å²) in [7, 11) is 2.01. The molecule has 0 bridgehead atoms. The van der Waals surface area contributed by atoms with Gasteiger partial charge in [-0.05, 0) is 63.6 Å². The van der Waals surface area contributed by atoms with Crippen LogP contribution in [0.2, 0.25) is 0 Å². The molecule has 3 rings (SSSR count). The molecule has 1 aromatic heterocycles. The molecule has 0 saturated carbocycles. The zero-order valence-electron chi connectivity index (χ0n) is 19.3. The molecule has 0 radical (unpaired) electrons. The summed E-state index contributed by atoms with van der Waals surface area (Å²) in [5.41, 5.74) is 6.69. The number of hydrogen-bond acceptors (Lipinski definition) is 3. The van der Waals surface area contributed by atoms with Gasteiger partial charge >= 0.3 is 0 Å². The fourth-order valence-corrected chi connectivity index (χ4v) is 4.25. The van der Waals surface area contributed by atoms with Crippen molar-refractivity contribution in [1.82, 2.24) is 25.3 Å². The third-order valence-electron chi connectivity index (χ3n) is 6.01. The van der Waals surface area contributed by atoms with E-state index in [9.17, 15) is 0 Å². The molecule has 6 nitrogen and oxygen atoms in total. The summed E-state index contributed by atoms with van der Waals surface area (Å²) in [6, 6.07) is 9.12. The molecule has 2 N–H and O–H groups in total. The van der Waals surface area contributed by atoms with Gasteiger partial charge < -0.3 is 10.6 Å². The van der Waals surface area contributed by atoms with E-state index >= 15 is 0 Å². The smallest absolute Gasteiger partial charge is 0.191 e. The third-order valence-corrected chi connectivity index (χ3v) is 6.01. The molecule has 0 saturated heterocycles. The van der Waals surface area contributed by atoms with Gasteiger partial charge in [0.15, 0.2) is 5.96 Å². The van der Waals surface area contributed by atoms with Crippen LogP contribution in [0.3, 0.4) is 0 Å². The van der Waals surface area contributed by atoms with Crippen LogP contribution in [0.4, 0.5) is 0 Å². The van der Waals surface area contributed by atoms with Crippen molar-refractivity contribution in [2.75, 3.05) is 26.2 Å². The lowest BCUT2D eigenvalue weighted by Crippen LogP contribution is -2.43. The predicted octanol–water partition coefficient (Wildman–Crippen LogP) is 2.97. The van der Waals surface area contributed by atoms with Crippen LogP contribution in [0.15, 0.2) is 29.3 Å². The number of aromatic nitrogens is 2. The van der Waals surface area contributed by atoms with E-state index in [0.29, 0.717) is 6.04 Å². The largest absolute Gasteiger partial charge is 0.357 e. The average Bonchev–Trinajstić information content (AvgIpc) is 2.97. The quantitative estimate of drug-likeness (QED) is 0.399. The molecule has 1 aliphatic rings. The van der Waals surface area contributed by atoms with E-state index in [1.807, 2.05) is 11.7 Å². The van der Waals surface area contributed by atoms with Crippen molar-refractivity contribution >= 4 is 5.96 Å². The van der Waals surface area contributed by atoms with Crippen LogP contribution in [0.25, 0.3) is 0 Å². The molecule has 1 aromatic carbocycles. The first-order valence-electron chi connectivity index (χ1n) is 11.3. The van der Waals surface area contributed by atoms with Crippen LogP contribution in [-0.4, -0.2) is 52.9 Å². The molecule has 2 aromatic rings. The highest BCUT2D eigenvalue weighted by Gasteiger charge is 2.16. The van der Waals surface area contributed by atoms with E-state index in [0.717, 1.165) is 63.6 Å². The Hall–Kier alpha value is -2.34. The highest BCUT2D eigenvalue weighted by atomic mass is 15.3. The SMILES string of the molecule is CCNC(=NCCCN1CCc2ccccc2C1)NC(C)Cc1c(C)nn(C)c1C. The standard InChI is InChI=1S/C24H38N6/c1-6-25-24(27-18(2)16-23-19(3)28-29(5)20(23)4)26-13-9-14-30-15-12-21-10-7-8-11-22(21)17-30/h7-8,10-11,18H,6,9,12-17H2,1-5H3,(H2,25,26,27). The van der Waals surface area contributed by atoms with Crippen LogP contribution in [0.5, 0.6) is 0 Å². The van der Waals surface area contributed by atoms with Crippen molar-refractivity contribution in [3.63, 3.8) is 0 Å². The van der Waals surface area contributed by atoms with Crippen LogP contribution in [0.1, 0.15) is 48.3 Å². The van der Waals surface area contributed by atoms with Gasteiger partial charge in [0, 0.05) is 51.5 Å². The Bertz CT molecular complexity index is 853. The number of aryl methyl sites for hydroxylation is 2. The lowest BCUT2D eigenvalue weighted by molar-refractivity contribution is 0.252. The summed E-state index contributed by atoms with van der Waals surface area (Å²) in [4.78, 5) is 7.37. The molecule has 164 valence electrons. The lowest BCUT2D eigenvalue weighted by atomic mass is 10.00. The van der Waals surface area contributed by atoms with Crippen LogP contribution < -0.4 is 10.6 Å². The van der Waals surface area contributed by atoms with Crippen molar-refractivity contribution in [1.29, 1.82) is 0 Å². The van der Waals surface area contributed by atoms with E-state index in [-0.39, 0.29) is 0 Å². The molecular formula is C24H38N6. The van der Waals surface area contributed by atoms with Crippen molar-refractivity contribution in [2.45, 2.75) is 59.5 Å². The van der Waals surface area contributed by atoms with E-state index in [1.165, 1.54) is 22.4 Å². The Morgan fingerprint density at radius 2 is 2.00 bits per heavy atom. The summed E-state index contributed by atoms with van der Waals surface area (Å²) in [6.07, 6.45) is 3.19. The zero-order chi connectivity index (χ0) is 21.5. The first-order chi connectivity index (χ1) is 14.5. The number of aliphatic imine (C=N–C) groups is 1. The predicted molar refractivity (Wildman–Crippen MR) is 125 cm³/mol. The van der Waals surface area contributed by atoms with Gasteiger partial charge in [0.2, 0.25) is 0 Å². The summed E-state index contributed by atoms with van der Waals surface area (Å²) in [5.74, 6) is 0.910. The minimum atomic E-state index is 0.294. The highest BCUT2D eigenvalue weighted by Crippen LogP contribution is 2.18. The monoisotopic (exact) mass is 410 g/mol. The molecule has 2 heterocycles. The van der Waals surface area contributed by atoms with Gasteiger partial charge in [-0.25, -0.2) is 0 Å². The molecule has 1 atom stereocenters. The fourth-order valence-electron chi connectivity index (χ4n) is 4.25. The second-order valence-electron chi connectivity index (χ2n) is 8.43. The van der Waals surface area contributed by atoms with Gasteiger partial charge in [-0.3, -0.25) is 14.6 Å². The van der Waals surface area contributed by atoms with Gasteiger partial charge in [0.05, 0.1) is 5.69 Å². The number of nitrogens with zero attached hydrogens (tertiary/aromatic N) is 4. The normalized spacial score (nSPS) is 15.7. The Balaban J connectivity index is 1.47. The molecule has 0 amide bonds. The van der Waals surface area contributed by atoms with Crippen molar-refractivity contribution in [2.24, 2.45) is 12.0 Å². The molecule has 0 aliphatic carbocycles. The summed E-state index contributed by atoms with van der Waals surface area (Å²) in [5, 5.41) is 11.5. The molecule has 6 heteroatoms. The molecule has 0 spiro atoms. The van der Waals surface area contributed by atoms with Gasteiger partial charge in [-0.2, -0.15) is 5.10 Å².